The van der Waals surface area contributed by atoms with Gasteiger partial charge in [-0.25, -0.2) is 4.79 Å². The summed E-state index contributed by atoms with van der Waals surface area (Å²) in [5, 5.41) is 0. The molecule has 0 aliphatic carbocycles. The number of esters is 1. The van der Waals surface area contributed by atoms with Crippen LogP contribution in [-0.2, 0) is 16.1 Å². The number of carbonyl (C=O) groups excluding carboxylic acids is 1. The summed E-state index contributed by atoms with van der Waals surface area (Å²) in [6.07, 6.45) is 3.19. The molecule has 0 atom stereocenters. The van der Waals surface area contributed by atoms with E-state index in [-0.39, 0.29) is 12.6 Å². The SMILES string of the molecule is Cc1ccc(/C=C/C(=O)OCc2cccc(Oc3ccccc3)c2)cc1. The van der Waals surface area contributed by atoms with Gasteiger partial charge < -0.3 is 9.47 Å². The summed E-state index contributed by atoms with van der Waals surface area (Å²) in [5.41, 5.74) is 3.02. The zero-order valence-electron chi connectivity index (χ0n) is 14.6. The van der Waals surface area contributed by atoms with Gasteiger partial charge in [0.05, 0.1) is 0 Å². The first-order chi connectivity index (χ1) is 12.7. The molecule has 26 heavy (non-hydrogen) atoms. The van der Waals surface area contributed by atoms with Gasteiger partial charge in [-0.3, -0.25) is 0 Å². The van der Waals surface area contributed by atoms with Crippen LogP contribution in [0.3, 0.4) is 0 Å². The molecule has 3 rings (SSSR count). The lowest BCUT2D eigenvalue weighted by Crippen LogP contribution is -2.00. The standard InChI is InChI=1S/C23H20O3/c1-18-10-12-19(13-11-18)14-15-23(24)25-17-20-6-5-9-22(16-20)26-21-7-3-2-4-8-21/h2-16H,17H2,1H3/b15-14+. The lowest BCUT2D eigenvalue weighted by molar-refractivity contribution is -0.138. The molecule has 0 amide bonds. The molecule has 0 fully saturated rings. The third-order valence-electron chi connectivity index (χ3n) is 3.75. The Balaban J connectivity index is 1.55. The van der Waals surface area contributed by atoms with Crippen molar-refractivity contribution in [3.05, 3.63) is 102 Å². The van der Waals surface area contributed by atoms with Crippen LogP contribution in [0.1, 0.15) is 16.7 Å². The van der Waals surface area contributed by atoms with Crippen molar-refractivity contribution in [2.24, 2.45) is 0 Å². The highest BCUT2D eigenvalue weighted by molar-refractivity contribution is 5.87. The lowest BCUT2D eigenvalue weighted by Gasteiger charge is -2.07. The Labute approximate surface area is 153 Å². The molecule has 0 saturated heterocycles. The van der Waals surface area contributed by atoms with Gasteiger partial charge in [-0.2, -0.15) is 0 Å². The van der Waals surface area contributed by atoms with Crippen molar-refractivity contribution in [2.45, 2.75) is 13.5 Å². The molecule has 3 heteroatoms. The molecule has 0 heterocycles. The molecule has 0 saturated carbocycles. The van der Waals surface area contributed by atoms with Gasteiger partial charge in [-0.15, -0.1) is 0 Å². The number of carbonyl (C=O) groups is 1. The van der Waals surface area contributed by atoms with Crippen molar-refractivity contribution in [1.82, 2.24) is 0 Å². The summed E-state index contributed by atoms with van der Waals surface area (Å²) in [7, 11) is 0. The van der Waals surface area contributed by atoms with E-state index in [0.717, 1.165) is 16.9 Å². The Morgan fingerprint density at radius 3 is 2.38 bits per heavy atom. The van der Waals surface area contributed by atoms with Crippen molar-refractivity contribution in [1.29, 1.82) is 0 Å². The number of rotatable bonds is 6. The smallest absolute Gasteiger partial charge is 0.331 e. The van der Waals surface area contributed by atoms with Gasteiger partial charge in [0.2, 0.25) is 0 Å². The van der Waals surface area contributed by atoms with E-state index < -0.39 is 0 Å². The van der Waals surface area contributed by atoms with Gasteiger partial charge in [-0.05, 0) is 48.4 Å². The van der Waals surface area contributed by atoms with Gasteiger partial charge >= 0.3 is 5.97 Å². The van der Waals surface area contributed by atoms with Crippen LogP contribution >= 0.6 is 0 Å². The Morgan fingerprint density at radius 1 is 0.885 bits per heavy atom. The molecular weight excluding hydrogens is 324 g/mol. The Morgan fingerprint density at radius 2 is 1.62 bits per heavy atom. The fourth-order valence-corrected chi connectivity index (χ4v) is 2.37. The van der Waals surface area contributed by atoms with E-state index in [0.29, 0.717) is 5.75 Å². The Kier molecular flexibility index (Phi) is 5.84. The Bertz CT molecular complexity index is 881. The van der Waals surface area contributed by atoms with Crippen LogP contribution < -0.4 is 4.74 Å². The molecule has 0 bridgehead atoms. The van der Waals surface area contributed by atoms with Crippen molar-refractivity contribution < 1.29 is 14.3 Å². The first kappa shape index (κ1) is 17.5. The predicted molar refractivity (Wildman–Crippen MR) is 103 cm³/mol. The molecule has 0 unspecified atom stereocenters. The minimum absolute atomic E-state index is 0.197. The minimum atomic E-state index is -0.375. The van der Waals surface area contributed by atoms with E-state index in [2.05, 4.69) is 0 Å². The van der Waals surface area contributed by atoms with Crippen LogP contribution in [0.5, 0.6) is 11.5 Å². The third-order valence-corrected chi connectivity index (χ3v) is 3.75. The molecule has 130 valence electrons. The fourth-order valence-electron chi connectivity index (χ4n) is 2.37. The molecule has 0 radical (unpaired) electrons. The second-order valence-electron chi connectivity index (χ2n) is 5.91. The quantitative estimate of drug-likeness (QED) is 0.435. The van der Waals surface area contributed by atoms with Crippen molar-refractivity contribution in [3.63, 3.8) is 0 Å². The molecule has 0 spiro atoms. The van der Waals surface area contributed by atoms with Gasteiger partial charge in [0, 0.05) is 6.08 Å². The summed E-state index contributed by atoms with van der Waals surface area (Å²) in [6.45, 7) is 2.22. The van der Waals surface area contributed by atoms with Crippen LogP contribution in [0, 0.1) is 6.92 Å². The maximum absolute atomic E-state index is 11.9. The van der Waals surface area contributed by atoms with Crippen LogP contribution in [0.4, 0.5) is 0 Å². The number of benzene rings is 3. The van der Waals surface area contributed by atoms with E-state index in [4.69, 9.17) is 9.47 Å². The first-order valence-corrected chi connectivity index (χ1v) is 8.42. The second-order valence-corrected chi connectivity index (χ2v) is 5.91. The van der Waals surface area contributed by atoms with E-state index in [9.17, 15) is 4.79 Å². The summed E-state index contributed by atoms with van der Waals surface area (Å²) in [5.74, 6) is 1.10. The highest BCUT2D eigenvalue weighted by atomic mass is 16.5. The lowest BCUT2D eigenvalue weighted by atomic mass is 10.1. The first-order valence-electron chi connectivity index (χ1n) is 8.42. The molecule has 0 aromatic heterocycles. The number of hydrogen-bond donors (Lipinski definition) is 0. The van der Waals surface area contributed by atoms with Crippen molar-refractivity contribution in [3.8, 4) is 11.5 Å². The monoisotopic (exact) mass is 344 g/mol. The Hall–Kier alpha value is -3.33. The maximum atomic E-state index is 11.9. The average Bonchev–Trinajstić information content (AvgIpc) is 2.67. The molecule has 0 aliphatic heterocycles. The number of hydrogen-bond acceptors (Lipinski definition) is 3. The molecule has 3 aromatic rings. The molecule has 3 aromatic carbocycles. The number of aryl methyl sites for hydroxylation is 1. The summed E-state index contributed by atoms with van der Waals surface area (Å²) >= 11 is 0. The van der Waals surface area contributed by atoms with Gasteiger partial charge in [0.1, 0.15) is 18.1 Å². The molecular formula is C23H20O3. The topological polar surface area (TPSA) is 35.5 Å². The van der Waals surface area contributed by atoms with Crippen LogP contribution in [0.2, 0.25) is 0 Å². The van der Waals surface area contributed by atoms with Crippen molar-refractivity contribution >= 4 is 12.0 Å². The third kappa shape index (κ3) is 5.35. The molecule has 0 aliphatic rings. The van der Waals surface area contributed by atoms with Crippen molar-refractivity contribution in [2.75, 3.05) is 0 Å². The average molecular weight is 344 g/mol. The van der Waals surface area contributed by atoms with Gasteiger partial charge in [0.15, 0.2) is 0 Å². The van der Waals surface area contributed by atoms with Gasteiger partial charge in [0.25, 0.3) is 0 Å². The summed E-state index contributed by atoms with van der Waals surface area (Å²) < 4.78 is 11.1. The van der Waals surface area contributed by atoms with Gasteiger partial charge in [-0.1, -0.05) is 60.2 Å². The predicted octanol–water partition coefficient (Wildman–Crippen LogP) is 5.54. The number of para-hydroxylation sites is 1. The second kappa shape index (κ2) is 8.67. The minimum Gasteiger partial charge on any atom is -0.458 e. The highest BCUT2D eigenvalue weighted by Crippen LogP contribution is 2.22. The van der Waals surface area contributed by atoms with E-state index in [1.807, 2.05) is 85.8 Å². The zero-order chi connectivity index (χ0) is 18.2. The summed E-state index contributed by atoms with van der Waals surface area (Å²) in [6, 6.07) is 25.0. The highest BCUT2D eigenvalue weighted by Gasteiger charge is 2.02. The van der Waals surface area contributed by atoms with Crippen LogP contribution in [-0.4, -0.2) is 5.97 Å². The van der Waals surface area contributed by atoms with E-state index >= 15 is 0 Å². The van der Waals surface area contributed by atoms with Crippen LogP contribution in [0.15, 0.2) is 84.9 Å². The van der Waals surface area contributed by atoms with Crippen LogP contribution in [0.25, 0.3) is 6.08 Å². The zero-order valence-corrected chi connectivity index (χ0v) is 14.6. The van der Waals surface area contributed by atoms with E-state index in [1.54, 1.807) is 6.08 Å². The molecule has 0 N–H and O–H groups in total. The normalized spacial score (nSPS) is 10.7. The maximum Gasteiger partial charge on any atom is 0.331 e. The molecule has 3 nitrogen and oxygen atoms in total. The fraction of sp³-hybridized carbons (Fsp3) is 0.0870. The number of ether oxygens (including phenoxy) is 2. The summed E-state index contributed by atoms with van der Waals surface area (Å²) in [4.78, 5) is 11.9. The largest absolute Gasteiger partial charge is 0.458 e. The van der Waals surface area contributed by atoms with E-state index in [1.165, 1.54) is 11.6 Å².